The summed E-state index contributed by atoms with van der Waals surface area (Å²) < 4.78 is 14.7. The molecule has 21 heavy (non-hydrogen) atoms. The molecule has 0 aliphatic carbocycles. The molecule has 0 fully saturated rings. The third-order valence-corrected chi connectivity index (χ3v) is 2.98. The Morgan fingerprint density at radius 1 is 1.43 bits per heavy atom. The van der Waals surface area contributed by atoms with E-state index >= 15 is 0 Å². The number of amides is 1. The van der Waals surface area contributed by atoms with Crippen LogP contribution in [0.1, 0.15) is 16.1 Å². The van der Waals surface area contributed by atoms with Gasteiger partial charge in [-0.05, 0) is 44.8 Å². The van der Waals surface area contributed by atoms with Gasteiger partial charge in [0, 0.05) is 13.1 Å². The Morgan fingerprint density at radius 2 is 2.19 bits per heavy atom. The third kappa shape index (κ3) is 3.85. The summed E-state index contributed by atoms with van der Waals surface area (Å²) in [4.78, 5) is 13.9. The second kappa shape index (κ2) is 6.45. The number of carbonyl (C=O) groups excluding carboxylic acids is 1. The average Bonchev–Trinajstić information content (AvgIpc) is 2.91. The van der Waals surface area contributed by atoms with E-state index < -0.39 is 0 Å². The van der Waals surface area contributed by atoms with E-state index in [0.717, 1.165) is 6.54 Å². The predicted octanol–water partition coefficient (Wildman–Crippen LogP) is 1.01. The van der Waals surface area contributed by atoms with Crippen LogP contribution in [0.25, 0.3) is 5.69 Å². The summed E-state index contributed by atoms with van der Waals surface area (Å²) in [5, 5.41) is 10.5. The lowest BCUT2D eigenvalue weighted by Gasteiger charge is -2.09. The summed E-state index contributed by atoms with van der Waals surface area (Å²) in [5.74, 6) is -0.553. The number of rotatable bonds is 5. The van der Waals surface area contributed by atoms with Gasteiger partial charge < -0.3 is 10.2 Å². The fraction of sp³-hybridized carbons (Fsp3) is 0.357. The summed E-state index contributed by atoms with van der Waals surface area (Å²) in [6.45, 7) is 2.95. The van der Waals surface area contributed by atoms with Gasteiger partial charge in [0.05, 0.1) is 11.9 Å². The highest BCUT2D eigenvalue weighted by Crippen LogP contribution is 2.12. The van der Waals surface area contributed by atoms with Crippen molar-refractivity contribution in [3.05, 3.63) is 41.5 Å². The molecular formula is C14H18FN5O. The van der Waals surface area contributed by atoms with Crippen molar-refractivity contribution < 1.29 is 9.18 Å². The van der Waals surface area contributed by atoms with Gasteiger partial charge in [0.25, 0.3) is 5.91 Å². The first-order valence-corrected chi connectivity index (χ1v) is 6.59. The lowest BCUT2D eigenvalue weighted by atomic mass is 10.2. The molecule has 0 saturated carbocycles. The number of nitrogens with zero attached hydrogens (tertiary/aromatic N) is 4. The summed E-state index contributed by atoms with van der Waals surface area (Å²) in [6.07, 6.45) is 1.53. The first kappa shape index (κ1) is 15.1. The molecule has 1 N–H and O–H groups in total. The van der Waals surface area contributed by atoms with Gasteiger partial charge in [-0.1, -0.05) is 5.21 Å². The third-order valence-electron chi connectivity index (χ3n) is 2.98. The minimum Gasteiger partial charge on any atom is -0.349 e. The van der Waals surface area contributed by atoms with Crippen molar-refractivity contribution in [3.8, 4) is 5.69 Å². The highest BCUT2D eigenvalue weighted by molar-refractivity contribution is 5.91. The molecule has 6 nitrogen and oxygen atoms in total. The Kier molecular flexibility index (Phi) is 4.64. The second-order valence-electron chi connectivity index (χ2n) is 5.04. The molecule has 0 bridgehead atoms. The first-order chi connectivity index (χ1) is 9.97. The van der Waals surface area contributed by atoms with E-state index in [1.165, 1.54) is 16.9 Å². The largest absolute Gasteiger partial charge is 0.349 e. The number of carbonyl (C=O) groups is 1. The smallest absolute Gasteiger partial charge is 0.273 e. The van der Waals surface area contributed by atoms with Gasteiger partial charge in [0.15, 0.2) is 5.69 Å². The number of hydrogen-bond donors (Lipinski definition) is 1. The predicted molar refractivity (Wildman–Crippen MR) is 76.9 cm³/mol. The highest BCUT2D eigenvalue weighted by Gasteiger charge is 2.11. The Morgan fingerprint density at radius 3 is 2.86 bits per heavy atom. The molecule has 2 aromatic rings. The maximum atomic E-state index is 13.2. The molecule has 7 heteroatoms. The van der Waals surface area contributed by atoms with Crippen molar-refractivity contribution >= 4 is 5.91 Å². The summed E-state index contributed by atoms with van der Waals surface area (Å²) >= 11 is 0. The number of aromatic nitrogens is 3. The molecule has 1 aromatic heterocycles. The van der Waals surface area contributed by atoms with Gasteiger partial charge in [-0.15, -0.1) is 5.10 Å². The SMILES string of the molecule is Cc1cc(-n2cc(C(=O)NCCN(C)C)nn2)ccc1F. The van der Waals surface area contributed by atoms with Crippen LogP contribution in [0.2, 0.25) is 0 Å². The fourth-order valence-corrected chi connectivity index (χ4v) is 1.75. The van der Waals surface area contributed by atoms with Crippen LogP contribution < -0.4 is 5.32 Å². The van der Waals surface area contributed by atoms with Crippen LogP contribution in [0, 0.1) is 12.7 Å². The van der Waals surface area contributed by atoms with Crippen LogP contribution in [0.5, 0.6) is 0 Å². The average molecular weight is 291 g/mol. The number of benzene rings is 1. The number of hydrogen-bond acceptors (Lipinski definition) is 4. The molecule has 0 radical (unpaired) electrons. The monoisotopic (exact) mass is 291 g/mol. The van der Waals surface area contributed by atoms with Crippen molar-refractivity contribution in [3.63, 3.8) is 0 Å². The molecule has 0 atom stereocenters. The standard InChI is InChI=1S/C14H18FN5O/c1-10-8-11(4-5-12(10)15)20-9-13(17-18-20)14(21)16-6-7-19(2)3/h4-5,8-9H,6-7H2,1-3H3,(H,16,21). The van der Waals surface area contributed by atoms with E-state index in [-0.39, 0.29) is 17.4 Å². The summed E-state index contributed by atoms with van der Waals surface area (Å²) in [7, 11) is 3.86. The summed E-state index contributed by atoms with van der Waals surface area (Å²) in [6, 6.07) is 4.60. The fourth-order valence-electron chi connectivity index (χ4n) is 1.75. The normalized spacial score (nSPS) is 10.9. The van der Waals surface area contributed by atoms with Gasteiger partial charge in [0.1, 0.15) is 5.82 Å². The number of nitrogens with one attached hydrogen (secondary N) is 1. The quantitative estimate of drug-likeness (QED) is 0.893. The lowest BCUT2D eigenvalue weighted by molar-refractivity contribution is 0.0946. The molecule has 0 aliphatic rings. The van der Waals surface area contributed by atoms with Crippen LogP contribution in [-0.4, -0.2) is 53.0 Å². The molecule has 1 aromatic carbocycles. The maximum Gasteiger partial charge on any atom is 0.273 e. The van der Waals surface area contributed by atoms with Crippen LogP contribution in [-0.2, 0) is 0 Å². The molecule has 1 amide bonds. The van der Waals surface area contributed by atoms with E-state index in [9.17, 15) is 9.18 Å². The van der Waals surface area contributed by atoms with Gasteiger partial charge in [-0.3, -0.25) is 4.79 Å². The molecule has 0 unspecified atom stereocenters. The van der Waals surface area contributed by atoms with Crippen molar-refractivity contribution in [1.82, 2.24) is 25.2 Å². The maximum absolute atomic E-state index is 13.2. The molecule has 0 aliphatic heterocycles. The van der Waals surface area contributed by atoms with Gasteiger partial charge in [-0.2, -0.15) is 0 Å². The van der Waals surface area contributed by atoms with E-state index in [1.807, 2.05) is 19.0 Å². The number of likely N-dealkylation sites (N-methyl/N-ethyl adjacent to an activating group) is 1. The van der Waals surface area contributed by atoms with E-state index in [0.29, 0.717) is 17.8 Å². The zero-order valence-corrected chi connectivity index (χ0v) is 12.3. The lowest BCUT2D eigenvalue weighted by Crippen LogP contribution is -2.31. The summed E-state index contributed by atoms with van der Waals surface area (Å²) in [5.41, 5.74) is 1.41. The topological polar surface area (TPSA) is 63.1 Å². The van der Waals surface area contributed by atoms with E-state index in [1.54, 1.807) is 19.1 Å². The van der Waals surface area contributed by atoms with Crippen LogP contribution in [0.15, 0.2) is 24.4 Å². The van der Waals surface area contributed by atoms with E-state index in [4.69, 9.17) is 0 Å². The molecule has 1 heterocycles. The zero-order valence-electron chi connectivity index (χ0n) is 12.3. The first-order valence-electron chi connectivity index (χ1n) is 6.59. The van der Waals surface area contributed by atoms with Crippen LogP contribution in [0.4, 0.5) is 4.39 Å². The van der Waals surface area contributed by atoms with Crippen molar-refractivity contribution in [2.24, 2.45) is 0 Å². The molecule has 0 saturated heterocycles. The van der Waals surface area contributed by atoms with Crippen molar-refractivity contribution in [2.75, 3.05) is 27.2 Å². The van der Waals surface area contributed by atoms with Crippen molar-refractivity contribution in [1.29, 1.82) is 0 Å². The number of halogens is 1. The van der Waals surface area contributed by atoms with Crippen LogP contribution in [0.3, 0.4) is 0 Å². The second-order valence-corrected chi connectivity index (χ2v) is 5.04. The van der Waals surface area contributed by atoms with Crippen molar-refractivity contribution in [2.45, 2.75) is 6.92 Å². The van der Waals surface area contributed by atoms with Gasteiger partial charge in [0.2, 0.25) is 0 Å². The molecular weight excluding hydrogens is 273 g/mol. The minimum atomic E-state index is -0.277. The van der Waals surface area contributed by atoms with Crippen LogP contribution >= 0.6 is 0 Å². The minimum absolute atomic E-state index is 0.232. The zero-order chi connectivity index (χ0) is 15.4. The Bertz CT molecular complexity index is 638. The Hall–Kier alpha value is -2.28. The van der Waals surface area contributed by atoms with Gasteiger partial charge in [-0.25, -0.2) is 9.07 Å². The molecule has 0 spiro atoms. The Labute approximate surface area is 122 Å². The highest BCUT2D eigenvalue weighted by atomic mass is 19.1. The number of aryl methyl sites for hydroxylation is 1. The molecule has 2 rings (SSSR count). The Balaban J connectivity index is 2.07. The molecule has 112 valence electrons. The van der Waals surface area contributed by atoms with Gasteiger partial charge >= 0.3 is 0 Å². The van der Waals surface area contributed by atoms with E-state index in [2.05, 4.69) is 15.6 Å².